The van der Waals surface area contributed by atoms with Crippen molar-refractivity contribution in [2.45, 2.75) is 13.0 Å². The third kappa shape index (κ3) is 2.87. The van der Waals surface area contributed by atoms with Crippen LogP contribution >= 0.6 is 0 Å². The molecule has 0 radical (unpaired) electrons. The molecule has 8 heteroatoms. The molecule has 1 aliphatic heterocycles. The fraction of sp³-hybridized carbons (Fsp3) is 0.316. The Morgan fingerprint density at radius 2 is 2.04 bits per heavy atom. The number of anilines is 1. The van der Waals surface area contributed by atoms with E-state index < -0.39 is 0 Å². The molecule has 4 aromatic rings. The molecule has 0 unspecified atom stereocenters. The number of hydrogen-bond acceptors (Lipinski definition) is 6. The van der Waals surface area contributed by atoms with Gasteiger partial charge in [0, 0.05) is 44.6 Å². The van der Waals surface area contributed by atoms with Crippen LogP contribution in [-0.4, -0.2) is 55.6 Å². The summed E-state index contributed by atoms with van der Waals surface area (Å²) in [6.45, 7) is 3.61. The Morgan fingerprint density at radius 1 is 1.15 bits per heavy atom. The largest absolute Gasteiger partial charge is 0.494 e. The fourth-order valence-electron chi connectivity index (χ4n) is 3.59. The molecule has 4 aromatic heterocycles. The summed E-state index contributed by atoms with van der Waals surface area (Å²) >= 11 is 0. The fourth-order valence-corrected chi connectivity index (χ4v) is 3.59. The number of nitrogens with zero attached hydrogens (tertiary/aromatic N) is 6. The van der Waals surface area contributed by atoms with Gasteiger partial charge in [-0.2, -0.15) is 5.10 Å². The molecule has 1 N–H and O–H groups in total. The molecule has 0 amide bonds. The summed E-state index contributed by atoms with van der Waals surface area (Å²) in [4.78, 5) is 11.2. The SMILES string of the molecule is Oc1c2c(N3CCOCC3)ccnc2cn1CCc1nc2ccccn2n1. The topological polar surface area (TPSA) is 80.7 Å². The number of rotatable bonds is 4. The highest BCUT2D eigenvalue weighted by Crippen LogP contribution is 2.34. The predicted molar refractivity (Wildman–Crippen MR) is 101 cm³/mol. The van der Waals surface area contributed by atoms with Crippen molar-refractivity contribution in [2.24, 2.45) is 0 Å². The number of fused-ring (bicyclic) bond motifs is 2. The van der Waals surface area contributed by atoms with Crippen LogP contribution in [0.4, 0.5) is 5.69 Å². The first-order valence-corrected chi connectivity index (χ1v) is 9.09. The smallest absolute Gasteiger partial charge is 0.202 e. The lowest BCUT2D eigenvalue weighted by Crippen LogP contribution is -2.36. The second-order valence-electron chi connectivity index (χ2n) is 6.62. The van der Waals surface area contributed by atoms with Gasteiger partial charge in [-0.3, -0.25) is 4.98 Å². The van der Waals surface area contributed by atoms with E-state index in [1.807, 2.05) is 41.2 Å². The molecule has 0 aliphatic carbocycles. The summed E-state index contributed by atoms with van der Waals surface area (Å²) in [6.07, 6.45) is 6.19. The van der Waals surface area contributed by atoms with Gasteiger partial charge in [0.15, 0.2) is 11.5 Å². The van der Waals surface area contributed by atoms with Crippen LogP contribution in [0.5, 0.6) is 5.88 Å². The molecule has 8 nitrogen and oxygen atoms in total. The summed E-state index contributed by atoms with van der Waals surface area (Å²) in [5.41, 5.74) is 2.62. The van der Waals surface area contributed by atoms with Crippen molar-refractivity contribution in [1.29, 1.82) is 0 Å². The summed E-state index contributed by atoms with van der Waals surface area (Å²) in [7, 11) is 0. The van der Waals surface area contributed by atoms with Gasteiger partial charge in [0.2, 0.25) is 5.88 Å². The summed E-state index contributed by atoms with van der Waals surface area (Å²) < 4.78 is 9.03. The minimum atomic E-state index is 0.239. The van der Waals surface area contributed by atoms with E-state index in [-0.39, 0.29) is 5.88 Å². The number of hydrogen-bond donors (Lipinski definition) is 1. The molecular formula is C19H20N6O2. The Hall–Kier alpha value is -3.13. The summed E-state index contributed by atoms with van der Waals surface area (Å²) in [6, 6.07) is 7.75. The lowest BCUT2D eigenvalue weighted by atomic mass is 10.2. The van der Waals surface area contributed by atoms with Crippen LogP contribution in [0.3, 0.4) is 0 Å². The minimum Gasteiger partial charge on any atom is -0.494 e. The first kappa shape index (κ1) is 16.1. The van der Waals surface area contributed by atoms with Crippen LogP contribution < -0.4 is 4.90 Å². The lowest BCUT2D eigenvalue weighted by molar-refractivity contribution is 0.123. The zero-order valence-corrected chi connectivity index (χ0v) is 14.8. The molecule has 1 fully saturated rings. The van der Waals surface area contributed by atoms with Gasteiger partial charge in [0.05, 0.1) is 29.8 Å². The molecule has 0 spiro atoms. The van der Waals surface area contributed by atoms with Crippen molar-refractivity contribution < 1.29 is 9.84 Å². The minimum absolute atomic E-state index is 0.239. The molecule has 0 atom stereocenters. The molecule has 0 aromatic carbocycles. The number of pyridine rings is 2. The van der Waals surface area contributed by atoms with E-state index in [9.17, 15) is 5.11 Å². The van der Waals surface area contributed by atoms with Crippen molar-refractivity contribution in [3.63, 3.8) is 0 Å². The van der Waals surface area contributed by atoms with Crippen molar-refractivity contribution >= 4 is 22.2 Å². The standard InChI is InChI=1S/C19H20N6O2/c26-19-18-14(20-6-4-15(18)23-9-11-27-12-10-23)13-24(19)8-5-16-21-17-3-1-2-7-25(17)22-16/h1-4,6-7,13,26H,5,8-12H2. The van der Waals surface area contributed by atoms with Gasteiger partial charge in [0.25, 0.3) is 0 Å². The van der Waals surface area contributed by atoms with Gasteiger partial charge in [-0.25, -0.2) is 9.50 Å². The highest BCUT2D eigenvalue weighted by Gasteiger charge is 2.19. The van der Waals surface area contributed by atoms with Crippen LogP contribution in [0.2, 0.25) is 0 Å². The maximum absolute atomic E-state index is 10.8. The van der Waals surface area contributed by atoms with E-state index in [0.717, 1.165) is 41.2 Å². The van der Waals surface area contributed by atoms with Gasteiger partial charge < -0.3 is 19.3 Å². The highest BCUT2D eigenvalue weighted by atomic mass is 16.5. The Bertz CT molecular complexity index is 1060. The molecule has 0 bridgehead atoms. The van der Waals surface area contributed by atoms with E-state index in [1.165, 1.54) is 0 Å². The van der Waals surface area contributed by atoms with E-state index in [0.29, 0.717) is 26.2 Å². The number of aromatic nitrogens is 5. The molecule has 0 saturated carbocycles. The van der Waals surface area contributed by atoms with Gasteiger partial charge in [-0.15, -0.1) is 0 Å². The molecule has 27 heavy (non-hydrogen) atoms. The Kier molecular flexibility index (Phi) is 3.90. The number of ether oxygens (including phenoxy) is 1. The van der Waals surface area contributed by atoms with Gasteiger partial charge in [0.1, 0.15) is 0 Å². The maximum Gasteiger partial charge on any atom is 0.202 e. The van der Waals surface area contributed by atoms with Crippen LogP contribution in [0.15, 0.2) is 42.9 Å². The highest BCUT2D eigenvalue weighted by molar-refractivity contribution is 5.96. The molecule has 5 rings (SSSR count). The zero-order valence-electron chi connectivity index (χ0n) is 14.8. The molecule has 5 heterocycles. The summed E-state index contributed by atoms with van der Waals surface area (Å²) in [5.74, 6) is 0.989. The van der Waals surface area contributed by atoms with Gasteiger partial charge >= 0.3 is 0 Å². The van der Waals surface area contributed by atoms with Crippen LogP contribution in [0.25, 0.3) is 16.6 Å². The van der Waals surface area contributed by atoms with E-state index in [4.69, 9.17) is 4.74 Å². The molecule has 1 saturated heterocycles. The van der Waals surface area contributed by atoms with Gasteiger partial charge in [-0.05, 0) is 18.2 Å². The number of aromatic hydroxyl groups is 1. The second kappa shape index (κ2) is 6.55. The first-order valence-electron chi connectivity index (χ1n) is 9.09. The van der Waals surface area contributed by atoms with Crippen molar-refractivity contribution in [3.05, 3.63) is 48.7 Å². The van der Waals surface area contributed by atoms with E-state index in [2.05, 4.69) is 20.0 Å². The summed E-state index contributed by atoms with van der Waals surface area (Å²) in [5, 5.41) is 16.1. The predicted octanol–water partition coefficient (Wildman–Crippen LogP) is 1.86. The third-order valence-corrected chi connectivity index (χ3v) is 4.95. The Morgan fingerprint density at radius 3 is 2.89 bits per heavy atom. The van der Waals surface area contributed by atoms with E-state index >= 15 is 0 Å². The van der Waals surface area contributed by atoms with Crippen molar-refractivity contribution in [3.8, 4) is 5.88 Å². The normalized spacial score (nSPS) is 15.0. The van der Waals surface area contributed by atoms with Crippen molar-refractivity contribution in [1.82, 2.24) is 24.1 Å². The molecular weight excluding hydrogens is 344 g/mol. The van der Waals surface area contributed by atoms with E-state index in [1.54, 1.807) is 10.7 Å². The Balaban J connectivity index is 1.44. The maximum atomic E-state index is 10.8. The first-order chi connectivity index (χ1) is 13.3. The van der Waals surface area contributed by atoms with Crippen LogP contribution in [-0.2, 0) is 17.7 Å². The van der Waals surface area contributed by atoms with Crippen LogP contribution in [0, 0.1) is 0 Å². The molecule has 1 aliphatic rings. The second-order valence-corrected chi connectivity index (χ2v) is 6.62. The lowest BCUT2D eigenvalue weighted by Gasteiger charge is -2.29. The number of morpholine rings is 1. The quantitative estimate of drug-likeness (QED) is 0.595. The average Bonchev–Trinajstić information content (AvgIpc) is 3.27. The number of aryl methyl sites for hydroxylation is 2. The third-order valence-electron chi connectivity index (χ3n) is 4.95. The van der Waals surface area contributed by atoms with Crippen molar-refractivity contribution in [2.75, 3.05) is 31.2 Å². The average molecular weight is 364 g/mol. The van der Waals surface area contributed by atoms with Gasteiger partial charge in [-0.1, -0.05) is 6.07 Å². The molecule has 138 valence electrons. The Labute approximate surface area is 155 Å². The monoisotopic (exact) mass is 364 g/mol. The van der Waals surface area contributed by atoms with Crippen LogP contribution in [0.1, 0.15) is 5.82 Å². The zero-order chi connectivity index (χ0) is 18.2.